The highest BCUT2D eigenvalue weighted by Crippen LogP contribution is 2.26. The molecular formula is C22H23N7O5. The van der Waals surface area contributed by atoms with Crippen molar-refractivity contribution in [2.24, 2.45) is 0 Å². The molecule has 0 fully saturated rings. The molecule has 0 unspecified atom stereocenters. The van der Waals surface area contributed by atoms with E-state index in [1.807, 2.05) is 0 Å². The number of nitrogens with one attached hydrogen (secondary N) is 1. The Morgan fingerprint density at radius 3 is 2.79 bits per heavy atom. The van der Waals surface area contributed by atoms with E-state index < -0.39 is 10.9 Å². The lowest BCUT2D eigenvalue weighted by atomic mass is 10.1. The van der Waals surface area contributed by atoms with Gasteiger partial charge in [-0.25, -0.2) is 14.8 Å². The summed E-state index contributed by atoms with van der Waals surface area (Å²) in [5, 5.41) is 14.0. The second kappa shape index (κ2) is 10.8. The zero-order valence-corrected chi connectivity index (χ0v) is 18.6. The molecule has 3 N–H and O–H groups in total. The Hall–Kier alpha value is -4.61. The number of amides is 1. The molecular weight excluding hydrogens is 442 g/mol. The van der Waals surface area contributed by atoms with E-state index in [0.29, 0.717) is 35.6 Å². The van der Waals surface area contributed by atoms with Gasteiger partial charge in [0.2, 0.25) is 5.91 Å². The first-order chi connectivity index (χ1) is 16.3. The monoisotopic (exact) mass is 465 g/mol. The van der Waals surface area contributed by atoms with Gasteiger partial charge in [0.15, 0.2) is 11.5 Å². The summed E-state index contributed by atoms with van der Waals surface area (Å²) in [6, 6.07) is 8.48. The van der Waals surface area contributed by atoms with Crippen LogP contribution in [-0.4, -0.2) is 52.5 Å². The Bertz CT molecular complexity index is 1220. The van der Waals surface area contributed by atoms with Gasteiger partial charge in [-0.05, 0) is 24.6 Å². The number of nitrogens with two attached hydrogens (primary N) is 1. The van der Waals surface area contributed by atoms with Crippen LogP contribution in [0, 0.1) is 10.1 Å². The van der Waals surface area contributed by atoms with Crippen molar-refractivity contribution in [2.45, 2.75) is 12.8 Å². The van der Waals surface area contributed by atoms with Gasteiger partial charge in [-0.15, -0.1) is 0 Å². The molecule has 0 aliphatic heterocycles. The van der Waals surface area contributed by atoms with E-state index >= 15 is 0 Å². The quantitative estimate of drug-likeness (QED) is 0.272. The number of nitrogens with zero attached hydrogens (tertiary/aromatic N) is 5. The lowest BCUT2D eigenvalue weighted by Gasteiger charge is -2.18. The maximum Gasteiger partial charge on any atom is 0.360 e. The first kappa shape index (κ1) is 24.0. The van der Waals surface area contributed by atoms with Crippen LogP contribution >= 0.6 is 0 Å². The average molecular weight is 465 g/mol. The smallest absolute Gasteiger partial charge is 0.360 e. The van der Waals surface area contributed by atoms with Gasteiger partial charge in [-0.2, -0.15) is 0 Å². The van der Waals surface area contributed by atoms with Crippen LogP contribution < -0.4 is 16.0 Å². The summed E-state index contributed by atoms with van der Waals surface area (Å²) in [4.78, 5) is 48.6. The fraction of sp³-hybridized carbons (Fsp3) is 0.227. The second-order valence-electron chi connectivity index (χ2n) is 7.26. The highest BCUT2D eigenvalue weighted by molar-refractivity contribution is 5.93. The van der Waals surface area contributed by atoms with Gasteiger partial charge >= 0.3 is 11.7 Å². The molecule has 2 aromatic heterocycles. The Labute approximate surface area is 194 Å². The molecule has 3 rings (SSSR count). The Morgan fingerprint density at radius 2 is 2.06 bits per heavy atom. The number of hydrogen-bond acceptors (Lipinski definition) is 10. The average Bonchev–Trinajstić information content (AvgIpc) is 2.83. The van der Waals surface area contributed by atoms with Crippen molar-refractivity contribution in [3.05, 3.63) is 64.7 Å². The molecule has 3 aromatic rings. The topological polar surface area (TPSA) is 166 Å². The van der Waals surface area contributed by atoms with Crippen LogP contribution in [-0.2, 0) is 9.53 Å². The predicted octanol–water partition coefficient (Wildman–Crippen LogP) is 2.67. The summed E-state index contributed by atoms with van der Waals surface area (Å²) in [6.07, 6.45) is 4.80. The second-order valence-corrected chi connectivity index (χ2v) is 7.26. The van der Waals surface area contributed by atoms with E-state index in [-0.39, 0.29) is 29.5 Å². The number of carbonyl (C=O) groups is 2. The molecule has 0 saturated heterocycles. The van der Waals surface area contributed by atoms with Crippen molar-refractivity contribution in [3.63, 3.8) is 0 Å². The molecule has 1 amide bonds. The normalized spacial score (nSPS) is 10.4. The minimum Gasteiger partial charge on any atom is -0.464 e. The van der Waals surface area contributed by atoms with E-state index in [1.165, 1.54) is 25.7 Å². The number of esters is 1. The number of rotatable bonds is 9. The zero-order chi connectivity index (χ0) is 24.7. The van der Waals surface area contributed by atoms with E-state index in [0.717, 1.165) is 0 Å². The Balaban J connectivity index is 1.61. The summed E-state index contributed by atoms with van der Waals surface area (Å²) in [6.45, 7) is 0.440. The van der Waals surface area contributed by atoms with Crippen LogP contribution in [0.4, 0.5) is 22.9 Å². The van der Waals surface area contributed by atoms with Crippen LogP contribution in [0.5, 0.6) is 0 Å². The molecule has 12 heteroatoms. The maximum atomic E-state index is 12.4. The number of nitro groups is 1. The molecule has 176 valence electrons. The van der Waals surface area contributed by atoms with Gasteiger partial charge < -0.3 is 20.7 Å². The van der Waals surface area contributed by atoms with Crippen LogP contribution in [0.15, 0.2) is 48.9 Å². The van der Waals surface area contributed by atoms with Gasteiger partial charge in [0.05, 0.1) is 23.9 Å². The first-order valence-electron chi connectivity index (χ1n) is 10.2. The summed E-state index contributed by atoms with van der Waals surface area (Å²) in [7, 11) is 2.95. The molecule has 12 nitrogen and oxygen atoms in total. The number of benzene rings is 1. The van der Waals surface area contributed by atoms with Crippen molar-refractivity contribution in [1.82, 2.24) is 15.0 Å². The maximum absolute atomic E-state index is 12.4. The van der Waals surface area contributed by atoms with E-state index in [2.05, 4.69) is 25.0 Å². The van der Waals surface area contributed by atoms with Gasteiger partial charge in [-0.3, -0.25) is 19.9 Å². The standard InChI is InChI=1S/C22H23N7O5/c1-28(17-8-9-24-13-18(17)29(32)33)10-4-7-19(30)26-15-6-3-5-14(11-15)16-12-25-21(23)20(27-16)22(31)34-2/h3,5-6,8-9,11-13H,4,7,10H2,1-2H3,(H2,23,25)(H,26,30). The van der Waals surface area contributed by atoms with Crippen LogP contribution in [0.3, 0.4) is 0 Å². The Kier molecular flexibility index (Phi) is 7.64. The third-order valence-corrected chi connectivity index (χ3v) is 4.90. The van der Waals surface area contributed by atoms with Crippen molar-refractivity contribution < 1.29 is 19.2 Å². The molecule has 0 atom stereocenters. The molecule has 0 radical (unpaired) electrons. The summed E-state index contributed by atoms with van der Waals surface area (Å²) in [5.41, 5.74) is 7.51. The molecule has 0 aliphatic carbocycles. The van der Waals surface area contributed by atoms with Crippen LogP contribution in [0.1, 0.15) is 23.3 Å². The van der Waals surface area contributed by atoms with E-state index in [4.69, 9.17) is 5.73 Å². The highest BCUT2D eigenvalue weighted by atomic mass is 16.6. The predicted molar refractivity (Wildman–Crippen MR) is 125 cm³/mol. The first-order valence-corrected chi connectivity index (χ1v) is 10.2. The SMILES string of the molecule is COC(=O)c1nc(-c2cccc(NC(=O)CCCN(C)c3ccncc3[N+](=O)[O-])c2)cnc1N. The number of aromatic nitrogens is 3. The number of pyridine rings is 1. The van der Waals surface area contributed by atoms with Gasteiger partial charge in [0.1, 0.15) is 11.9 Å². The summed E-state index contributed by atoms with van der Waals surface area (Å²) in [5.74, 6) is -0.950. The van der Waals surface area contributed by atoms with E-state index in [9.17, 15) is 19.7 Å². The molecule has 0 aliphatic rings. The van der Waals surface area contributed by atoms with Crippen molar-refractivity contribution >= 4 is 34.8 Å². The molecule has 0 bridgehead atoms. The number of anilines is 3. The van der Waals surface area contributed by atoms with Gasteiger partial charge in [0, 0.05) is 37.5 Å². The minimum atomic E-state index is -0.696. The van der Waals surface area contributed by atoms with Crippen molar-refractivity contribution in [1.29, 1.82) is 0 Å². The van der Waals surface area contributed by atoms with Crippen molar-refractivity contribution in [2.75, 3.05) is 36.7 Å². The minimum absolute atomic E-state index is 0.0397. The van der Waals surface area contributed by atoms with Crippen LogP contribution in [0.2, 0.25) is 0 Å². The number of nitrogen functional groups attached to an aromatic ring is 1. The molecule has 2 heterocycles. The van der Waals surface area contributed by atoms with Gasteiger partial charge in [-0.1, -0.05) is 12.1 Å². The lowest BCUT2D eigenvalue weighted by Crippen LogP contribution is -2.21. The van der Waals surface area contributed by atoms with E-state index in [1.54, 1.807) is 42.3 Å². The molecule has 1 aromatic carbocycles. The number of methoxy groups -OCH3 is 1. The number of carbonyl (C=O) groups excluding carboxylic acids is 2. The zero-order valence-electron chi connectivity index (χ0n) is 18.6. The molecule has 0 saturated carbocycles. The van der Waals surface area contributed by atoms with Gasteiger partial charge in [0.25, 0.3) is 0 Å². The largest absolute Gasteiger partial charge is 0.464 e. The lowest BCUT2D eigenvalue weighted by molar-refractivity contribution is -0.384. The summed E-state index contributed by atoms with van der Waals surface area (Å²) < 4.78 is 4.67. The fourth-order valence-electron chi connectivity index (χ4n) is 3.20. The molecule has 0 spiro atoms. The third kappa shape index (κ3) is 5.79. The highest BCUT2D eigenvalue weighted by Gasteiger charge is 2.17. The Morgan fingerprint density at radius 1 is 1.26 bits per heavy atom. The number of hydrogen-bond donors (Lipinski definition) is 2. The third-order valence-electron chi connectivity index (χ3n) is 4.90. The fourth-order valence-corrected chi connectivity index (χ4v) is 3.20. The van der Waals surface area contributed by atoms with Crippen molar-refractivity contribution in [3.8, 4) is 11.3 Å². The summed E-state index contributed by atoms with van der Waals surface area (Å²) >= 11 is 0. The van der Waals surface area contributed by atoms with Crippen LogP contribution in [0.25, 0.3) is 11.3 Å². The molecule has 34 heavy (non-hydrogen) atoms. The number of ether oxygens (including phenoxy) is 1.